The second-order valence-corrected chi connectivity index (χ2v) is 5.39. The van der Waals surface area contributed by atoms with E-state index in [-0.39, 0.29) is 0 Å². The molecule has 3 heteroatoms. The number of likely N-dealkylation sites (tertiary alicyclic amines) is 1. The minimum atomic E-state index is 0.316. The van der Waals surface area contributed by atoms with E-state index in [0.717, 1.165) is 19.0 Å². The van der Waals surface area contributed by atoms with Crippen molar-refractivity contribution in [3.63, 3.8) is 0 Å². The van der Waals surface area contributed by atoms with Gasteiger partial charge in [0, 0.05) is 25.7 Å². The van der Waals surface area contributed by atoms with E-state index in [1.54, 1.807) is 0 Å². The fourth-order valence-corrected chi connectivity index (χ4v) is 3.35. The summed E-state index contributed by atoms with van der Waals surface area (Å²) in [5, 5.41) is 0. The van der Waals surface area contributed by atoms with E-state index in [9.17, 15) is 0 Å². The molecule has 88 valence electrons. The molecule has 1 aliphatic heterocycles. The van der Waals surface area contributed by atoms with Crippen molar-refractivity contribution in [3.8, 4) is 0 Å². The molecule has 2 fully saturated rings. The number of nitrogens with two attached hydrogens (primary N) is 1. The third-order valence-electron chi connectivity index (χ3n) is 4.22. The minimum Gasteiger partial charge on any atom is -0.380 e. The molecule has 0 aromatic rings. The van der Waals surface area contributed by atoms with Crippen molar-refractivity contribution in [1.82, 2.24) is 4.90 Å². The first-order chi connectivity index (χ1) is 7.20. The highest BCUT2D eigenvalue weighted by atomic mass is 16.5. The van der Waals surface area contributed by atoms with Gasteiger partial charge < -0.3 is 10.5 Å². The quantitative estimate of drug-likeness (QED) is 0.764. The lowest BCUT2D eigenvalue weighted by Crippen LogP contribution is -2.64. The summed E-state index contributed by atoms with van der Waals surface area (Å²) in [4.78, 5) is 2.59. The maximum atomic E-state index is 5.97. The molecule has 15 heavy (non-hydrogen) atoms. The molecule has 3 nitrogen and oxygen atoms in total. The minimum absolute atomic E-state index is 0.316. The van der Waals surface area contributed by atoms with E-state index in [1.165, 1.54) is 32.2 Å². The average molecular weight is 212 g/mol. The number of hydrogen-bond acceptors (Lipinski definition) is 3. The summed E-state index contributed by atoms with van der Waals surface area (Å²) < 4.78 is 5.47. The topological polar surface area (TPSA) is 38.5 Å². The number of ether oxygens (including phenoxy) is 1. The van der Waals surface area contributed by atoms with Crippen LogP contribution in [0.5, 0.6) is 0 Å². The summed E-state index contributed by atoms with van der Waals surface area (Å²) in [6.07, 6.45) is 5.45. The van der Waals surface area contributed by atoms with Crippen LogP contribution in [0, 0.1) is 5.92 Å². The van der Waals surface area contributed by atoms with Crippen LogP contribution in [0.4, 0.5) is 0 Å². The van der Waals surface area contributed by atoms with Crippen LogP contribution in [0.1, 0.15) is 32.6 Å². The van der Waals surface area contributed by atoms with E-state index in [1.807, 2.05) is 7.11 Å². The summed E-state index contributed by atoms with van der Waals surface area (Å²) in [5.74, 6) is 0.858. The maximum absolute atomic E-state index is 5.97. The fraction of sp³-hybridized carbons (Fsp3) is 1.00. The monoisotopic (exact) mass is 212 g/mol. The van der Waals surface area contributed by atoms with Crippen molar-refractivity contribution in [3.05, 3.63) is 0 Å². The lowest BCUT2D eigenvalue weighted by atomic mass is 9.67. The summed E-state index contributed by atoms with van der Waals surface area (Å²) in [7, 11) is 1.83. The summed E-state index contributed by atoms with van der Waals surface area (Å²) >= 11 is 0. The van der Waals surface area contributed by atoms with Gasteiger partial charge in [0.1, 0.15) is 0 Å². The van der Waals surface area contributed by atoms with Crippen molar-refractivity contribution in [2.24, 2.45) is 11.7 Å². The molecule has 2 aliphatic rings. The molecule has 1 saturated carbocycles. The molecule has 1 aliphatic carbocycles. The third kappa shape index (κ3) is 2.05. The zero-order valence-electron chi connectivity index (χ0n) is 10.0. The van der Waals surface area contributed by atoms with Crippen LogP contribution < -0.4 is 5.73 Å². The maximum Gasteiger partial charge on any atom is 0.0698 e. The number of rotatable bonds is 3. The van der Waals surface area contributed by atoms with Crippen molar-refractivity contribution in [2.75, 3.05) is 26.7 Å². The van der Waals surface area contributed by atoms with Gasteiger partial charge in [-0.2, -0.15) is 0 Å². The molecule has 1 heterocycles. The molecule has 0 bridgehead atoms. The van der Waals surface area contributed by atoms with E-state index < -0.39 is 0 Å². The molecule has 2 rings (SSSR count). The number of hydrogen-bond donors (Lipinski definition) is 1. The first-order valence-corrected chi connectivity index (χ1v) is 6.18. The first-order valence-electron chi connectivity index (χ1n) is 6.18. The molecule has 0 radical (unpaired) electrons. The van der Waals surface area contributed by atoms with Crippen LogP contribution >= 0.6 is 0 Å². The summed E-state index contributed by atoms with van der Waals surface area (Å²) in [6.45, 7) is 5.43. The predicted octanol–water partition coefficient (Wildman–Crippen LogP) is 1.22. The van der Waals surface area contributed by atoms with Gasteiger partial charge in [-0.1, -0.05) is 6.92 Å². The zero-order chi connectivity index (χ0) is 10.9. The molecule has 0 spiro atoms. The van der Waals surface area contributed by atoms with Crippen LogP contribution in [0.25, 0.3) is 0 Å². The number of methoxy groups -OCH3 is 1. The van der Waals surface area contributed by atoms with E-state index in [2.05, 4.69) is 11.8 Å². The molecular weight excluding hydrogens is 188 g/mol. The Labute approximate surface area is 93.0 Å². The SMILES string of the molecule is COC1CCCN(C2(CN)CC(C)C2)C1. The highest BCUT2D eigenvalue weighted by molar-refractivity contribution is 5.03. The van der Waals surface area contributed by atoms with Gasteiger partial charge in [0.05, 0.1) is 6.10 Å². The third-order valence-corrected chi connectivity index (χ3v) is 4.22. The normalized spacial score (nSPS) is 42.6. The zero-order valence-corrected chi connectivity index (χ0v) is 10.0. The van der Waals surface area contributed by atoms with Gasteiger partial charge in [0.2, 0.25) is 0 Å². The molecule has 0 amide bonds. The Kier molecular flexibility index (Phi) is 3.33. The van der Waals surface area contributed by atoms with E-state index in [0.29, 0.717) is 11.6 Å². The van der Waals surface area contributed by atoms with Crippen molar-refractivity contribution >= 4 is 0 Å². The van der Waals surface area contributed by atoms with Crippen LogP contribution in [0.15, 0.2) is 0 Å². The van der Waals surface area contributed by atoms with Crippen molar-refractivity contribution in [2.45, 2.75) is 44.2 Å². The Morgan fingerprint density at radius 2 is 2.20 bits per heavy atom. The van der Waals surface area contributed by atoms with Gasteiger partial charge in [0.15, 0.2) is 0 Å². The fourth-order valence-electron chi connectivity index (χ4n) is 3.35. The molecular formula is C12H24N2O. The summed E-state index contributed by atoms with van der Waals surface area (Å²) in [5.41, 5.74) is 6.28. The van der Waals surface area contributed by atoms with E-state index in [4.69, 9.17) is 10.5 Å². The smallest absolute Gasteiger partial charge is 0.0698 e. The van der Waals surface area contributed by atoms with Gasteiger partial charge >= 0.3 is 0 Å². The Bertz CT molecular complexity index is 214. The average Bonchev–Trinajstić information content (AvgIpc) is 2.24. The van der Waals surface area contributed by atoms with Crippen LogP contribution in [-0.4, -0.2) is 43.3 Å². The van der Waals surface area contributed by atoms with Crippen molar-refractivity contribution < 1.29 is 4.74 Å². The number of nitrogens with zero attached hydrogens (tertiary/aromatic N) is 1. The van der Waals surface area contributed by atoms with Gasteiger partial charge in [-0.15, -0.1) is 0 Å². The lowest BCUT2D eigenvalue weighted by molar-refractivity contribution is -0.0661. The van der Waals surface area contributed by atoms with Gasteiger partial charge in [0.25, 0.3) is 0 Å². The van der Waals surface area contributed by atoms with E-state index >= 15 is 0 Å². The molecule has 2 N–H and O–H groups in total. The van der Waals surface area contributed by atoms with Crippen molar-refractivity contribution in [1.29, 1.82) is 0 Å². The highest BCUT2D eigenvalue weighted by Crippen LogP contribution is 2.42. The van der Waals surface area contributed by atoms with Crippen LogP contribution in [-0.2, 0) is 4.74 Å². The predicted molar refractivity (Wildman–Crippen MR) is 61.8 cm³/mol. The van der Waals surface area contributed by atoms with Gasteiger partial charge in [-0.25, -0.2) is 0 Å². The number of piperidine rings is 1. The molecule has 1 atom stereocenters. The molecule has 0 aromatic heterocycles. The molecule has 1 saturated heterocycles. The Hall–Kier alpha value is -0.120. The van der Waals surface area contributed by atoms with Crippen LogP contribution in [0.2, 0.25) is 0 Å². The molecule has 1 unspecified atom stereocenters. The Morgan fingerprint density at radius 3 is 2.73 bits per heavy atom. The standard InChI is InChI=1S/C12H24N2O/c1-10-6-12(7-10,9-13)14-5-3-4-11(8-14)15-2/h10-11H,3-9,13H2,1-2H3. The highest BCUT2D eigenvalue weighted by Gasteiger charge is 2.46. The van der Waals surface area contributed by atoms with Crippen LogP contribution in [0.3, 0.4) is 0 Å². The first kappa shape index (κ1) is 11.4. The van der Waals surface area contributed by atoms with Gasteiger partial charge in [-0.3, -0.25) is 4.90 Å². The second-order valence-electron chi connectivity index (χ2n) is 5.39. The van der Waals surface area contributed by atoms with Gasteiger partial charge in [-0.05, 0) is 38.1 Å². The Balaban J connectivity index is 1.96. The second kappa shape index (κ2) is 4.40. The largest absolute Gasteiger partial charge is 0.380 e. The Morgan fingerprint density at radius 1 is 1.47 bits per heavy atom. The molecule has 0 aromatic carbocycles. The lowest BCUT2D eigenvalue weighted by Gasteiger charge is -2.55. The summed E-state index contributed by atoms with van der Waals surface area (Å²) in [6, 6.07) is 0.